The lowest BCUT2D eigenvalue weighted by molar-refractivity contribution is 0.211. The minimum absolute atomic E-state index is 0.0962. The number of rotatable bonds is 6. The number of oxime groups is 1. The lowest BCUT2D eigenvalue weighted by atomic mass is 9.98. The second kappa shape index (κ2) is 7.60. The minimum atomic E-state index is 0.0962. The van der Waals surface area contributed by atoms with Crippen LogP contribution in [0, 0.1) is 17.2 Å². The first-order valence-electron chi connectivity index (χ1n) is 4.76. The highest BCUT2D eigenvalue weighted by Gasteiger charge is 2.09. The fourth-order valence-electron chi connectivity index (χ4n) is 1.22. The first-order valence-corrected chi connectivity index (χ1v) is 4.76. The molecule has 0 spiro atoms. The molecule has 3 nitrogen and oxygen atoms in total. The predicted molar refractivity (Wildman–Crippen MR) is 53.4 cm³/mol. The zero-order valence-corrected chi connectivity index (χ0v) is 8.71. The summed E-state index contributed by atoms with van der Waals surface area (Å²) in [5, 5.41) is 12.7. The fourth-order valence-corrected chi connectivity index (χ4v) is 1.22. The van der Waals surface area contributed by atoms with Gasteiger partial charge < -0.3 is 4.84 Å². The summed E-state index contributed by atoms with van der Waals surface area (Å²) in [5.74, 6) is 0.0962. The summed E-state index contributed by atoms with van der Waals surface area (Å²) in [5.41, 5.74) is 0.975. The molecule has 0 saturated carbocycles. The molecule has 13 heavy (non-hydrogen) atoms. The summed E-state index contributed by atoms with van der Waals surface area (Å²) < 4.78 is 0. The third kappa shape index (κ3) is 5.24. The van der Waals surface area contributed by atoms with Crippen molar-refractivity contribution in [1.82, 2.24) is 0 Å². The summed E-state index contributed by atoms with van der Waals surface area (Å²) in [7, 11) is 1.54. The predicted octanol–water partition coefficient (Wildman–Crippen LogP) is 2.73. The molecule has 0 aliphatic carbocycles. The van der Waals surface area contributed by atoms with Crippen LogP contribution in [0.25, 0.3) is 0 Å². The van der Waals surface area contributed by atoms with E-state index in [9.17, 15) is 0 Å². The molecule has 0 bridgehead atoms. The molecule has 0 aromatic carbocycles. The van der Waals surface area contributed by atoms with Gasteiger partial charge in [0.1, 0.15) is 7.11 Å². The van der Waals surface area contributed by atoms with Crippen molar-refractivity contribution in [2.24, 2.45) is 11.1 Å². The van der Waals surface area contributed by atoms with E-state index >= 15 is 0 Å². The van der Waals surface area contributed by atoms with Crippen molar-refractivity contribution in [3.8, 4) is 6.07 Å². The molecule has 1 unspecified atom stereocenters. The van der Waals surface area contributed by atoms with Crippen LogP contribution in [0.1, 0.15) is 39.5 Å². The Morgan fingerprint density at radius 1 is 1.54 bits per heavy atom. The quantitative estimate of drug-likeness (QED) is 0.468. The Kier molecular flexibility index (Phi) is 6.99. The highest BCUT2D eigenvalue weighted by Crippen LogP contribution is 2.12. The largest absolute Gasteiger partial charge is 0.399 e. The van der Waals surface area contributed by atoms with E-state index in [1.54, 1.807) is 0 Å². The molecule has 3 heteroatoms. The molecule has 0 aliphatic rings. The molecule has 0 heterocycles. The lowest BCUT2D eigenvalue weighted by Gasteiger charge is -2.07. The normalized spacial score (nSPS) is 13.5. The van der Waals surface area contributed by atoms with Crippen molar-refractivity contribution in [2.75, 3.05) is 7.11 Å². The maximum Gasteiger partial charge on any atom is 0.106 e. The molecule has 0 fully saturated rings. The Bertz CT molecular complexity index is 194. The van der Waals surface area contributed by atoms with E-state index in [-0.39, 0.29) is 5.92 Å². The van der Waals surface area contributed by atoms with Gasteiger partial charge in [-0.1, -0.05) is 25.4 Å². The topological polar surface area (TPSA) is 45.4 Å². The van der Waals surface area contributed by atoms with Gasteiger partial charge in [-0.2, -0.15) is 5.26 Å². The van der Waals surface area contributed by atoms with Gasteiger partial charge in [0.25, 0.3) is 0 Å². The smallest absolute Gasteiger partial charge is 0.106 e. The summed E-state index contributed by atoms with van der Waals surface area (Å²) in [6.45, 7) is 4.11. The highest BCUT2D eigenvalue weighted by atomic mass is 16.6. The molecule has 0 saturated heterocycles. The van der Waals surface area contributed by atoms with E-state index in [0.717, 1.165) is 31.4 Å². The van der Waals surface area contributed by atoms with Gasteiger partial charge in [-0.25, -0.2) is 0 Å². The highest BCUT2D eigenvalue weighted by molar-refractivity contribution is 5.84. The van der Waals surface area contributed by atoms with E-state index in [4.69, 9.17) is 10.1 Å². The maximum atomic E-state index is 8.82. The lowest BCUT2D eigenvalue weighted by Crippen LogP contribution is -2.06. The van der Waals surface area contributed by atoms with E-state index in [2.05, 4.69) is 18.1 Å². The van der Waals surface area contributed by atoms with E-state index in [0.29, 0.717) is 0 Å². The second-order valence-corrected chi connectivity index (χ2v) is 3.01. The Balaban J connectivity index is 4.05. The van der Waals surface area contributed by atoms with Gasteiger partial charge in [-0.05, 0) is 12.8 Å². The van der Waals surface area contributed by atoms with Crippen LogP contribution in [-0.2, 0) is 4.84 Å². The monoisotopic (exact) mass is 182 g/mol. The molecule has 0 amide bonds. The van der Waals surface area contributed by atoms with Crippen LogP contribution in [-0.4, -0.2) is 12.8 Å². The molecule has 1 atom stereocenters. The van der Waals surface area contributed by atoms with Gasteiger partial charge in [-0.15, -0.1) is 0 Å². The first kappa shape index (κ1) is 12.0. The molecule has 0 rings (SSSR count). The van der Waals surface area contributed by atoms with Crippen molar-refractivity contribution in [3.05, 3.63) is 0 Å². The maximum absolute atomic E-state index is 8.82. The summed E-state index contributed by atoms with van der Waals surface area (Å²) in [6, 6.07) is 2.29. The molecule has 0 N–H and O–H groups in total. The van der Waals surface area contributed by atoms with Crippen molar-refractivity contribution >= 4 is 5.71 Å². The van der Waals surface area contributed by atoms with Crippen molar-refractivity contribution in [1.29, 1.82) is 5.26 Å². The third-order valence-electron chi connectivity index (χ3n) is 1.93. The molecular weight excluding hydrogens is 164 g/mol. The van der Waals surface area contributed by atoms with E-state index in [1.165, 1.54) is 7.11 Å². The van der Waals surface area contributed by atoms with Gasteiger partial charge in [0.2, 0.25) is 0 Å². The molecule has 0 aromatic rings. The third-order valence-corrected chi connectivity index (χ3v) is 1.93. The van der Waals surface area contributed by atoms with Gasteiger partial charge >= 0.3 is 0 Å². The van der Waals surface area contributed by atoms with Gasteiger partial charge in [-0.3, -0.25) is 0 Å². The Labute approximate surface area is 80.4 Å². The van der Waals surface area contributed by atoms with Crippen LogP contribution >= 0.6 is 0 Å². The number of nitriles is 1. The van der Waals surface area contributed by atoms with Crippen LogP contribution in [0.2, 0.25) is 0 Å². The number of nitrogens with zero attached hydrogens (tertiary/aromatic N) is 2. The van der Waals surface area contributed by atoms with Crippen LogP contribution < -0.4 is 0 Å². The zero-order valence-electron chi connectivity index (χ0n) is 8.71. The Morgan fingerprint density at radius 3 is 2.62 bits per heavy atom. The van der Waals surface area contributed by atoms with Crippen molar-refractivity contribution < 1.29 is 4.84 Å². The fraction of sp³-hybridized carbons (Fsp3) is 0.800. The minimum Gasteiger partial charge on any atom is -0.399 e. The van der Waals surface area contributed by atoms with Crippen LogP contribution in [0.5, 0.6) is 0 Å². The summed E-state index contributed by atoms with van der Waals surface area (Å²) >= 11 is 0. The Hall–Kier alpha value is -1.04. The Morgan fingerprint density at radius 2 is 2.23 bits per heavy atom. The molecule has 0 radical (unpaired) electrons. The SMILES string of the molecule is CCCC(C#N)CC(CC)=NOC. The summed E-state index contributed by atoms with van der Waals surface area (Å²) in [4.78, 5) is 4.70. The molecule has 74 valence electrons. The average Bonchev–Trinajstić information content (AvgIpc) is 2.16. The second-order valence-electron chi connectivity index (χ2n) is 3.01. The number of hydrogen-bond donors (Lipinski definition) is 0. The summed E-state index contributed by atoms with van der Waals surface area (Å²) in [6.07, 6.45) is 3.59. The zero-order chi connectivity index (χ0) is 10.1. The molecule has 0 aromatic heterocycles. The van der Waals surface area contributed by atoms with Crippen molar-refractivity contribution in [3.63, 3.8) is 0 Å². The standard InChI is InChI=1S/C10H18N2O/c1-4-6-9(8-11)7-10(5-2)12-13-3/h9H,4-7H2,1-3H3. The van der Waals surface area contributed by atoms with Crippen LogP contribution in [0.15, 0.2) is 5.16 Å². The number of hydrogen-bond acceptors (Lipinski definition) is 3. The van der Waals surface area contributed by atoms with E-state index < -0.39 is 0 Å². The average molecular weight is 182 g/mol. The first-order chi connectivity index (χ1) is 6.28. The van der Waals surface area contributed by atoms with E-state index in [1.807, 2.05) is 6.92 Å². The van der Waals surface area contributed by atoms with Gasteiger partial charge in [0.05, 0.1) is 17.7 Å². The van der Waals surface area contributed by atoms with Crippen LogP contribution in [0.4, 0.5) is 0 Å². The van der Waals surface area contributed by atoms with Crippen LogP contribution in [0.3, 0.4) is 0 Å². The molecular formula is C10H18N2O. The van der Waals surface area contributed by atoms with Gasteiger partial charge in [0.15, 0.2) is 0 Å². The molecule has 0 aliphatic heterocycles. The van der Waals surface area contributed by atoms with Gasteiger partial charge in [0, 0.05) is 6.42 Å². The van der Waals surface area contributed by atoms with Crippen molar-refractivity contribution in [2.45, 2.75) is 39.5 Å².